The van der Waals surface area contributed by atoms with Gasteiger partial charge in [-0.05, 0) is 50.1 Å². The van der Waals surface area contributed by atoms with Crippen LogP contribution in [0.1, 0.15) is 22.5 Å². The lowest BCUT2D eigenvalue weighted by Crippen LogP contribution is -2.16. The number of hydrogen-bond donors (Lipinski definition) is 1. The van der Waals surface area contributed by atoms with Gasteiger partial charge in [-0.15, -0.1) is 0 Å². The molecule has 0 atom stereocenters. The first kappa shape index (κ1) is 15.6. The molecule has 0 aliphatic carbocycles. The van der Waals surface area contributed by atoms with Gasteiger partial charge in [-0.25, -0.2) is 4.98 Å². The predicted octanol–water partition coefficient (Wildman–Crippen LogP) is 4.09. The maximum absolute atomic E-state index is 12.4. The van der Waals surface area contributed by atoms with E-state index in [1.165, 1.54) is 0 Å². The molecule has 0 saturated heterocycles. The number of rotatable bonds is 3. The summed E-state index contributed by atoms with van der Waals surface area (Å²) in [7, 11) is 0. The van der Waals surface area contributed by atoms with E-state index in [1.807, 2.05) is 55.6 Å². The number of pyridine rings is 1. The minimum Gasteiger partial charge on any atom is -0.326 e. The number of benzene rings is 1. The van der Waals surface area contributed by atoms with Gasteiger partial charge < -0.3 is 9.72 Å². The Morgan fingerprint density at radius 1 is 1.22 bits per heavy atom. The first-order valence-electron chi connectivity index (χ1n) is 7.45. The Morgan fingerprint density at radius 3 is 2.74 bits per heavy atom. The van der Waals surface area contributed by atoms with Crippen LogP contribution >= 0.6 is 11.6 Å². The van der Waals surface area contributed by atoms with Gasteiger partial charge in [0.1, 0.15) is 5.65 Å². The lowest BCUT2D eigenvalue weighted by atomic mass is 10.2. The van der Waals surface area contributed by atoms with E-state index in [4.69, 9.17) is 11.6 Å². The number of carbonyl (C=O) groups is 1. The number of imidazole rings is 1. The van der Waals surface area contributed by atoms with Crippen LogP contribution in [0.2, 0.25) is 5.02 Å². The number of anilines is 1. The highest BCUT2D eigenvalue weighted by Gasteiger charge is 2.14. The molecule has 118 valence electrons. The summed E-state index contributed by atoms with van der Waals surface area (Å²) < 4.78 is 1.98. The van der Waals surface area contributed by atoms with Crippen molar-refractivity contribution < 1.29 is 4.79 Å². The third-order valence-electron chi connectivity index (χ3n) is 3.93. The fraction of sp³-hybridized carbons (Fsp3) is 0.222. The molecule has 0 aliphatic rings. The van der Waals surface area contributed by atoms with E-state index >= 15 is 0 Å². The van der Waals surface area contributed by atoms with Gasteiger partial charge in [-0.2, -0.15) is 0 Å². The van der Waals surface area contributed by atoms with E-state index in [0.717, 1.165) is 28.2 Å². The summed E-state index contributed by atoms with van der Waals surface area (Å²) in [5.74, 6) is -0.0867. The predicted molar refractivity (Wildman–Crippen MR) is 93.2 cm³/mol. The highest BCUT2D eigenvalue weighted by Crippen LogP contribution is 2.21. The molecular formula is C18H18ClN3O. The zero-order valence-electron chi connectivity index (χ0n) is 13.4. The number of carbonyl (C=O) groups excluding carboxylic acids is 1. The van der Waals surface area contributed by atoms with Crippen molar-refractivity contribution in [1.29, 1.82) is 0 Å². The highest BCUT2D eigenvalue weighted by atomic mass is 35.5. The average molecular weight is 328 g/mol. The molecule has 0 bridgehead atoms. The van der Waals surface area contributed by atoms with E-state index in [0.29, 0.717) is 10.7 Å². The fourth-order valence-electron chi connectivity index (χ4n) is 2.61. The minimum absolute atomic E-state index is 0.0867. The summed E-state index contributed by atoms with van der Waals surface area (Å²) in [6, 6.07) is 9.48. The maximum Gasteiger partial charge on any atom is 0.230 e. The lowest BCUT2D eigenvalue weighted by Gasteiger charge is -2.08. The molecule has 1 aromatic carbocycles. The number of fused-ring (bicyclic) bond motifs is 1. The first-order valence-corrected chi connectivity index (χ1v) is 7.82. The molecule has 3 aromatic rings. The number of nitrogens with one attached hydrogen (secondary N) is 1. The van der Waals surface area contributed by atoms with E-state index in [2.05, 4.69) is 10.3 Å². The van der Waals surface area contributed by atoms with Crippen LogP contribution in [0.3, 0.4) is 0 Å². The third kappa shape index (κ3) is 3.08. The molecule has 3 rings (SSSR count). The van der Waals surface area contributed by atoms with Crippen LogP contribution in [0.4, 0.5) is 5.69 Å². The number of hydrogen-bond acceptors (Lipinski definition) is 2. The molecule has 0 fully saturated rings. The maximum atomic E-state index is 12.4. The molecule has 0 saturated carbocycles. The van der Waals surface area contributed by atoms with Gasteiger partial charge in [-0.3, -0.25) is 4.79 Å². The zero-order chi connectivity index (χ0) is 16.6. The zero-order valence-corrected chi connectivity index (χ0v) is 14.1. The fourth-order valence-corrected chi connectivity index (χ4v) is 2.79. The summed E-state index contributed by atoms with van der Waals surface area (Å²) >= 11 is 6.10. The number of halogens is 1. The summed E-state index contributed by atoms with van der Waals surface area (Å²) in [5.41, 5.74) is 5.44. The van der Waals surface area contributed by atoms with Crippen LogP contribution in [0, 0.1) is 20.8 Å². The topological polar surface area (TPSA) is 46.4 Å². The Balaban J connectivity index is 1.84. The van der Waals surface area contributed by atoms with Crippen LogP contribution < -0.4 is 5.32 Å². The third-order valence-corrected chi connectivity index (χ3v) is 4.34. The summed E-state index contributed by atoms with van der Waals surface area (Å²) in [6.45, 7) is 5.87. The van der Waals surface area contributed by atoms with E-state index in [1.54, 1.807) is 6.07 Å². The molecule has 5 heteroatoms. The van der Waals surface area contributed by atoms with Crippen LogP contribution in [0.25, 0.3) is 5.65 Å². The molecule has 0 unspecified atom stereocenters. The SMILES string of the molecule is Cc1ccc(NC(=O)Cc2c(C)nc3c(C)cccn23)cc1Cl. The van der Waals surface area contributed by atoms with Crippen molar-refractivity contribution in [2.75, 3.05) is 5.32 Å². The van der Waals surface area contributed by atoms with Gasteiger partial charge in [0.25, 0.3) is 0 Å². The van der Waals surface area contributed by atoms with Gasteiger partial charge in [0.2, 0.25) is 5.91 Å². The van der Waals surface area contributed by atoms with Crippen LogP contribution in [-0.4, -0.2) is 15.3 Å². The molecule has 0 radical (unpaired) electrons. The normalized spacial score (nSPS) is 11.0. The molecule has 1 N–H and O–H groups in total. The van der Waals surface area contributed by atoms with Crippen molar-refractivity contribution in [3.05, 3.63) is 64.1 Å². The number of amides is 1. The Morgan fingerprint density at radius 2 is 2.00 bits per heavy atom. The second-order valence-electron chi connectivity index (χ2n) is 5.72. The van der Waals surface area contributed by atoms with Crippen LogP contribution in [-0.2, 0) is 11.2 Å². The van der Waals surface area contributed by atoms with E-state index in [-0.39, 0.29) is 12.3 Å². The number of nitrogens with zero attached hydrogens (tertiary/aromatic N) is 2. The van der Waals surface area contributed by atoms with Gasteiger partial charge in [0.05, 0.1) is 17.8 Å². The quantitative estimate of drug-likeness (QED) is 0.787. The lowest BCUT2D eigenvalue weighted by molar-refractivity contribution is -0.115. The first-order chi connectivity index (χ1) is 11.0. The van der Waals surface area contributed by atoms with Gasteiger partial charge >= 0.3 is 0 Å². The van der Waals surface area contributed by atoms with Gasteiger partial charge in [-0.1, -0.05) is 23.7 Å². The Hall–Kier alpha value is -2.33. The van der Waals surface area contributed by atoms with Crippen LogP contribution in [0.15, 0.2) is 36.5 Å². The molecule has 0 aliphatic heterocycles. The molecule has 4 nitrogen and oxygen atoms in total. The van der Waals surface area contributed by atoms with E-state index < -0.39 is 0 Å². The molecule has 23 heavy (non-hydrogen) atoms. The van der Waals surface area contributed by atoms with Crippen molar-refractivity contribution in [3.63, 3.8) is 0 Å². The molecule has 2 heterocycles. The highest BCUT2D eigenvalue weighted by molar-refractivity contribution is 6.31. The van der Waals surface area contributed by atoms with Crippen molar-refractivity contribution in [1.82, 2.24) is 9.38 Å². The standard InChI is InChI=1S/C18H18ClN3O/c1-11-6-7-14(9-15(11)19)21-17(23)10-16-13(3)20-18-12(2)5-4-8-22(16)18/h4-9H,10H2,1-3H3,(H,21,23). The van der Waals surface area contributed by atoms with Crippen molar-refractivity contribution in [2.24, 2.45) is 0 Å². The summed E-state index contributed by atoms with van der Waals surface area (Å²) in [6.07, 6.45) is 2.20. The molecule has 1 amide bonds. The summed E-state index contributed by atoms with van der Waals surface area (Å²) in [4.78, 5) is 16.9. The molecular weight excluding hydrogens is 310 g/mol. The van der Waals surface area contributed by atoms with Gasteiger partial charge in [0.15, 0.2) is 0 Å². The Labute approximate surface area is 140 Å². The summed E-state index contributed by atoms with van der Waals surface area (Å²) in [5, 5.41) is 3.53. The Bertz CT molecular complexity index is 899. The molecule has 2 aromatic heterocycles. The number of aromatic nitrogens is 2. The minimum atomic E-state index is -0.0867. The van der Waals surface area contributed by atoms with Crippen molar-refractivity contribution in [3.8, 4) is 0 Å². The smallest absolute Gasteiger partial charge is 0.230 e. The monoisotopic (exact) mass is 327 g/mol. The second kappa shape index (κ2) is 6.05. The number of aryl methyl sites for hydroxylation is 3. The van der Waals surface area contributed by atoms with Gasteiger partial charge in [0, 0.05) is 16.9 Å². The van der Waals surface area contributed by atoms with Crippen molar-refractivity contribution >= 4 is 28.8 Å². The largest absolute Gasteiger partial charge is 0.326 e. The van der Waals surface area contributed by atoms with E-state index in [9.17, 15) is 4.79 Å². The molecule has 0 spiro atoms. The van der Waals surface area contributed by atoms with Crippen LogP contribution in [0.5, 0.6) is 0 Å². The van der Waals surface area contributed by atoms with Crippen molar-refractivity contribution in [2.45, 2.75) is 27.2 Å². The second-order valence-corrected chi connectivity index (χ2v) is 6.12. The average Bonchev–Trinajstić information content (AvgIpc) is 2.81. The Kier molecular flexibility index (Phi) is 4.09.